The summed E-state index contributed by atoms with van der Waals surface area (Å²) in [4.78, 5) is 22.8. The molecule has 2 aliphatic rings. The number of pyridine rings is 2. The smallest absolute Gasteiger partial charge is 0.220 e. The van der Waals surface area contributed by atoms with E-state index >= 15 is 0 Å². The van der Waals surface area contributed by atoms with Gasteiger partial charge in [-0.2, -0.15) is 0 Å². The summed E-state index contributed by atoms with van der Waals surface area (Å²) in [6, 6.07) is 3.76. The normalized spacial score (nSPS) is 21.2. The number of rotatable bonds is 4. The van der Waals surface area contributed by atoms with Gasteiger partial charge >= 0.3 is 0 Å². The van der Waals surface area contributed by atoms with Gasteiger partial charge in [-0.15, -0.1) is 0 Å². The number of ether oxygens (including phenoxy) is 2. The highest BCUT2D eigenvalue weighted by Gasteiger charge is 2.28. The van der Waals surface area contributed by atoms with E-state index in [1.807, 2.05) is 12.1 Å². The second-order valence-corrected chi connectivity index (χ2v) is 7.18. The number of carbonyl (C=O) groups excluding carboxylic acids is 1. The van der Waals surface area contributed by atoms with Crippen molar-refractivity contribution < 1.29 is 14.3 Å². The maximum absolute atomic E-state index is 11.3. The maximum Gasteiger partial charge on any atom is 0.220 e. The summed E-state index contributed by atoms with van der Waals surface area (Å²) < 4.78 is 11.2. The van der Waals surface area contributed by atoms with Gasteiger partial charge in [0.2, 0.25) is 11.8 Å². The molecule has 7 heteroatoms. The van der Waals surface area contributed by atoms with Crippen molar-refractivity contribution >= 4 is 16.9 Å². The van der Waals surface area contributed by atoms with Gasteiger partial charge in [0.15, 0.2) is 0 Å². The van der Waals surface area contributed by atoms with Crippen LogP contribution in [0.1, 0.15) is 18.4 Å². The van der Waals surface area contributed by atoms with E-state index in [2.05, 4.69) is 14.9 Å². The molecule has 7 nitrogen and oxygen atoms in total. The predicted molar refractivity (Wildman–Crippen MR) is 97.1 cm³/mol. The van der Waals surface area contributed by atoms with Gasteiger partial charge in [0.25, 0.3) is 0 Å². The highest BCUT2D eigenvalue weighted by Crippen LogP contribution is 2.33. The number of fused-ring (bicyclic) bond motifs is 3. The first-order chi connectivity index (χ1) is 12.6. The zero-order valence-electron chi connectivity index (χ0n) is 15.0. The van der Waals surface area contributed by atoms with E-state index in [-0.39, 0.29) is 11.8 Å². The Labute approximate surface area is 152 Å². The molecule has 4 rings (SSSR count). The number of likely N-dealkylation sites (tertiary alicyclic amines) is 1. The van der Waals surface area contributed by atoms with Gasteiger partial charge in [0, 0.05) is 30.0 Å². The molecule has 0 bridgehead atoms. The Bertz CT molecular complexity index is 813. The highest BCUT2D eigenvalue weighted by molar-refractivity contribution is 5.80. The Morgan fingerprint density at radius 1 is 1.38 bits per heavy atom. The van der Waals surface area contributed by atoms with E-state index in [1.165, 1.54) is 0 Å². The third-order valence-corrected chi connectivity index (χ3v) is 5.44. The SMILES string of the molecule is COc1ccc2ncc3c(c2n1)CC(CN1CCC(C(N)=O)CC1)CO3. The number of aromatic nitrogens is 2. The van der Waals surface area contributed by atoms with Crippen LogP contribution in [0.3, 0.4) is 0 Å². The van der Waals surface area contributed by atoms with E-state index < -0.39 is 0 Å². The lowest BCUT2D eigenvalue weighted by molar-refractivity contribution is -0.123. The molecule has 0 radical (unpaired) electrons. The van der Waals surface area contributed by atoms with E-state index in [1.54, 1.807) is 13.3 Å². The first-order valence-corrected chi connectivity index (χ1v) is 9.11. The molecular weight excluding hydrogens is 332 g/mol. The fourth-order valence-electron chi connectivity index (χ4n) is 3.96. The van der Waals surface area contributed by atoms with Crippen LogP contribution in [0.25, 0.3) is 11.0 Å². The minimum atomic E-state index is -0.168. The predicted octanol–water partition coefficient (Wildman–Crippen LogP) is 1.39. The van der Waals surface area contributed by atoms with Crippen molar-refractivity contribution in [1.29, 1.82) is 0 Å². The summed E-state index contributed by atoms with van der Waals surface area (Å²) in [6.07, 6.45) is 4.40. The molecular formula is C19H24N4O3. The molecule has 2 aliphatic heterocycles. The molecule has 1 atom stereocenters. The van der Waals surface area contributed by atoms with E-state index in [4.69, 9.17) is 15.2 Å². The quantitative estimate of drug-likeness (QED) is 0.890. The summed E-state index contributed by atoms with van der Waals surface area (Å²) in [5.41, 5.74) is 8.25. The third kappa shape index (κ3) is 3.31. The number of amides is 1. The van der Waals surface area contributed by atoms with Crippen molar-refractivity contribution in [2.24, 2.45) is 17.6 Å². The van der Waals surface area contributed by atoms with Crippen molar-refractivity contribution in [1.82, 2.24) is 14.9 Å². The minimum Gasteiger partial charge on any atom is -0.491 e. The number of piperidine rings is 1. The highest BCUT2D eigenvalue weighted by atomic mass is 16.5. The van der Waals surface area contributed by atoms with Gasteiger partial charge in [-0.1, -0.05) is 0 Å². The molecule has 1 saturated heterocycles. The fraction of sp³-hybridized carbons (Fsp3) is 0.526. The Hall–Kier alpha value is -2.41. The Morgan fingerprint density at radius 3 is 2.92 bits per heavy atom. The van der Waals surface area contributed by atoms with Crippen LogP contribution in [-0.2, 0) is 11.2 Å². The average molecular weight is 356 g/mol. The summed E-state index contributed by atoms with van der Waals surface area (Å²) >= 11 is 0. The lowest BCUT2D eigenvalue weighted by Crippen LogP contribution is -2.42. The van der Waals surface area contributed by atoms with Crippen LogP contribution in [0, 0.1) is 11.8 Å². The van der Waals surface area contributed by atoms with Crippen LogP contribution in [0.5, 0.6) is 11.6 Å². The van der Waals surface area contributed by atoms with Crippen LogP contribution in [-0.4, -0.2) is 54.1 Å². The molecule has 2 N–H and O–H groups in total. The maximum atomic E-state index is 11.3. The van der Waals surface area contributed by atoms with Crippen LogP contribution in [0.2, 0.25) is 0 Å². The molecule has 1 amide bonds. The molecule has 4 heterocycles. The van der Waals surface area contributed by atoms with Gasteiger partial charge in [-0.25, -0.2) is 4.98 Å². The molecule has 2 aromatic heterocycles. The monoisotopic (exact) mass is 356 g/mol. The number of hydrogen-bond donors (Lipinski definition) is 1. The summed E-state index contributed by atoms with van der Waals surface area (Å²) in [5.74, 6) is 1.66. The molecule has 26 heavy (non-hydrogen) atoms. The first-order valence-electron chi connectivity index (χ1n) is 9.11. The number of nitrogens with two attached hydrogens (primary N) is 1. The average Bonchev–Trinajstić information content (AvgIpc) is 2.68. The number of methoxy groups -OCH3 is 1. The zero-order chi connectivity index (χ0) is 18.1. The van der Waals surface area contributed by atoms with Gasteiger partial charge in [-0.05, 0) is 38.4 Å². The molecule has 0 aliphatic carbocycles. The third-order valence-electron chi connectivity index (χ3n) is 5.44. The second-order valence-electron chi connectivity index (χ2n) is 7.18. The van der Waals surface area contributed by atoms with E-state index in [9.17, 15) is 4.79 Å². The van der Waals surface area contributed by atoms with E-state index in [0.717, 1.165) is 61.2 Å². The van der Waals surface area contributed by atoms with Gasteiger partial charge in [0.05, 0.1) is 30.9 Å². The van der Waals surface area contributed by atoms with Crippen molar-refractivity contribution in [3.05, 3.63) is 23.9 Å². The van der Waals surface area contributed by atoms with Gasteiger partial charge in [0.1, 0.15) is 5.75 Å². The molecule has 1 fully saturated rings. The summed E-state index contributed by atoms with van der Waals surface area (Å²) in [5, 5.41) is 0. The summed E-state index contributed by atoms with van der Waals surface area (Å²) in [7, 11) is 1.62. The number of nitrogens with zero attached hydrogens (tertiary/aromatic N) is 3. The zero-order valence-corrected chi connectivity index (χ0v) is 15.0. The van der Waals surface area contributed by atoms with Crippen LogP contribution < -0.4 is 15.2 Å². The van der Waals surface area contributed by atoms with Crippen LogP contribution in [0.4, 0.5) is 0 Å². The molecule has 1 unspecified atom stereocenters. The van der Waals surface area contributed by atoms with Crippen molar-refractivity contribution in [2.45, 2.75) is 19.3 Å². The number of carbonyl (C=O) groups is 1. The lowest BCUT2D eigenvalue weighted by Gasteiger charge is -2.34. The Morgan fingerprint density at radius 2 is 2.19 bits per heavy atom. The lowest BCUT2D eigenvalue weighted by atomic mass is 9.92. The standard InChI is InChI=1S/C19H24N4O3/c1-25-17-3-2-15-18(22-17)14-8-12(11-26-16(14)9-21-15)10-23-6-4-13(5-7-23)19(20)24/h2-3,9,12-13H,4-8,10-11H2,1H3,(H2,20,24). The number of primary amides is 1. The Kier molecular flexibility index (Phi) is 4.63. The molecule has 0 saturated carbocycles. The topological polar surface area (TPSA) is 90.6 Å². The molecule has 2 aromatic rings. The van der Waals surface area contributed by atoms with Crippen molar-refractivity contribution in [3.8, 4) is 11.6 Å². The second kappa shape index (κ2) is 7.07. The van der Waals surface area contributed by atoms with Gasteiger partial charge < -0.3 is 20.1 Å². The molecule has 138 valence electrons. The van der Waals surface area contributed by atoms with Crippen molar-refractivity contribution in [2.75, 3.05) is 33.4 Å². The van der Waals surface area contributed by atoms with Crippen molar-refractivity contribution in [3.63, 3.8) is 0 Å². The minimum absolute atomic E-state index is 0.0289. The first kappa shape index (κ1) is 17.0. The van der Waals surface area contributed by atoms with Crippen LogP contribution >= 0.6 is 0 Å². The largest absolute Gasteiger partial charge is 0.491 e. The number of hydrogen-bond acceptors (Lipinski definition) is 6. The van der Waals surface area contributed by atoms with Crippen LogP contribution in [0.15, 0.2) is 18.3 Å². The molecule has 0 spiro atoms. The fourth-order valence-corrected chi connectivity index (χ4v) is 3.96. The Balaban J connectivity index is 1.49. The molecule has 0 aromatic carbocycles. The van der Waals surface area contributed by atoms with E-state index in [0.29, 0.717) is 18.4 Å². The van der Waals surface area contributed by atoms with Gasteiger partial charge in [-0.3, -0.25) is 9.78 Å². The summed E-state index contributed by atoms with van der Waals surface area (Å²) in [6.45, 7) is 3.47.